The standard InChI is InChI=1S/C14H24N4/c1-4-14(5-2)6-7-18(10-14)13-16-9-12(8-15)11(3)17-13/h9H,4-8,10,15H2,1-3H3. The zero-order chi connectivity index (χ0) is 13.2. The Morgan fingerprint density at radius 2 is 2.11 bits per heavy atom. The summed E-state index contributed by atoms with van der Waals surface area (Å²) in [6.45, 7) is 9.26. The van der Waals surface area contributed by atoms with Crippen molar-refractivity contribution < 1.29 is 0 Å². The SMILES string of the molecule is CCC1(CC)CCN(c2ncc(CN)c(C)n2)C1. The van der Waals surface area contributed by atoms with Crippen LogP contribution in [0.25, 0.3) is 0 Å². The predicted molar refractivity (Wildman–Crippen MR) is 74.5 cm³/mol. The van der Waals surface area contributed by atoms with Crippen molar-refractivity contribution in [3.05, 3.63) is 17.5 Å². The molecule has 0 bridgehead atoms. The third kappa shape index (κ3) is 2.34. The van der Waals surface area contributed by atoms with Crippen molar-refractivity contribution in [3.63, 3.8) is 0 Å². The maximum absolute atomic E-state index is 5.65. The van der Waals surface area contributed by atoms with E-state index in [1.165, 1.54) is 19.3 Å². The molecular weight excluding hydrogens is 224 g/mol. The number of hydrogen-bond donors (Lipinski definition) is 1. The lowest BCUT2D eigenvalue weighted by Crippen LogP contribution is -2.27. The largest absolute Gasteiger partial charge is 0.340 e. The maximum Gasteiger partial charge on any atom is 0.225 e. The molecule has 1 saturated heterocycles. The summed E-state index contributed by atoms with van der Waals surface area (Å²) in [4.78, 5) is 11.4. The van der Waals surface area contributed by atoms with Gasteiger partial charge in [0.25, 0.3) is 0 Å². The van der Waals surface area contributed by atoms with Gasteiger partial charge in [-0.3, -0.25) is 0 Å². The van der Waals surface area contributed by atoms with Gasteiger partial charge in [-0.1, -0.05) is 13.8 Å². The predicted octanol–water partition coefficient (Wildman–Crippen LogP) is 2.26. The summed E-state index contributed by atoms with van der Waals surface area (Å²) in [7, 11) is 0. The van der Waals surface area contributed by atoms with Crippen LogP contribution in [0.2, 0.25) is 0 Å². The Morgan fingerprint density at radius 1 is 1.39 bits per heavy atom. The zero-order valence-electron chi connectivity index (χ0n) is 11.7. The summed E-state index contributed by atoms with van der Waals surface area (Å²) < 4.78 is 0. The van der Waals surface area contributed by atoms with Crippen molar-refractivity contribution in [2.45, 2.75) is 46.6 Å². The molecule has 0 atom stereocenters. The lowest BCUT2D eigenvalue weighted by molar-refractivity contribution is 0.301. The second kappa shape index (κ2) is 5.22. The van der Waals surface area contributed by atoms with Crippen molar-refractivity contribution >= 4 is 5.95 Å². The van der Waals surface area contributed by atoms with Crippen LogP contribution in [-0.4, -0.2) is 23.1 Å². The highest BCUT2D eigenvalue weighted by atomic mass is 15.3. The molecule has 0 radical (unpaired) electrons. The highest BCUT2D eigenvalue weighted by Gasteiger charge is 2.35. The van der Waals surface area contributed by atoms with Crippen LogP contribution in [-0.2, 0) is 6.54 Å². The van der Waals surface area contributed by atoms with Gasteiger partial charge in [-0.2, -0.15) is 0 Å². The Labute approximate surface area is 110 Å². The number of nitrogens with zero attached hydrogens (tertiary/aromatic N) is 3. The van der Waals surface area contributed by atoms with Gasteiger partial charge in [-0.15, -0.1) is 0 Å². The summed E-state index contributed by atoms with van der Waals surface area (Å²) in [5.74, 6) is 0.869. The maximum atomic E-state index is 5.65. The minimum Gasteiger partial charge on any atom is -0.340 e. The molecule has 0 amide bonds. The van der Waals surface area contributed by atoms with E-state index in [1.807, 2.05) is 13.1 Å². The first-order valence-electron chi connectivity index (χ1n) is 6.91. The van der Waals surface area contributed by atoms with Crippen LogP contribution in [0, 0.1) is 12.3 Å². The Morgan fingerprint density at radius 3 is 2.61 bits per heavy atom. The molecule has 1 aromatic rings. The van der Waals surface area contributed by atoms with Crippen LogP contribution in [0.5, 0.6) is 0 Å². The number of anilines is 1. The lowest BCUT2D eigenvalue weighted by atomic mass is 9.82. The van der Waals surface area contributed by atoms with Crippen LogP contribution in [0.4, 0.5) is 5.95 Å². The highest BCUT2D eigenvalue weighted by molar-refractivity contribution is 5.35. The van der Waals surface area contributed by atoms with E-state index in [0.717, 1.165) is 30.3 Å². The molecule has 100 valence electrons. The van der Waals surface area contributed by atoms with Crippen LogP contribution >= 0.6 is 0 Å². The van der Waals surface area contributed by atoms with E-state index in [2.05, 4.69) is 28.7 Å². The average Bonchev–Trinajstić information content (AvgIpc) is 2.84. The Balaban J connectivity index is 2.17. The molecule has 4 heteroatoms. The van der Waals surface area contributed by atoms with E-state index < -0.39 is 0 Å². The monoisotopic (exact) mass is 248 g/mol. The normalized spacial score (nSPS) is 18.3. The molecule has 2 heterocycles. The molecule has 1 aromatic heterocycles. The Bertz CT molecular complexity index is 412. The molecule has 1 aliphatic rings. The molecular formula is C14H24N4. The molecule has 4 nitrogen and oxygen atoms in total. The van der Waals surface area contributed by atoms with E-state index in [4.69, 9.17) is 5.73 Å². The first kappa shape index (κ1) is 13.3. The van der Waals surface area contributed by atoms with Crippen molar-refractivity contribution in [3.8, 4) is 0 Å². The first-order valence-corrected chi connectivity index (χ1v) is 6.91. The van der Waals surface area contributed by atoms with E-state index in [1.54, 1.807) is 0 Å². The van der Waals surface area contributed by atoms with Gasteiger partial charge in [0.1, 0.15) is 0 Å². The van der Waals surface area contributed by atoms with Crippen LogP contribution in [0.1, 0.15) is 44.4 Å². The molecule has 0 unspecified atom stereocenters. The van der Waals surface area contributed by atoms with Crippen molar-refractivity contribution in [1.29, 1.82) is 0 Å². The van der Waals surface area contributed by atoms with Crippen LogP contribution < -0.4 is 10.6 Å². The molecule has 0 spiro atoms. The molecule has 18 heavy (non-hydrogen) atoms. The minimum atomic E-state index is 0.462. The lowest BCUT2D eigenvalue weighted by Gasteiger charge is -2.26. The van der Waals surface area contributed by atoms with Gasteiger partial charge >= 0.3 is 0 Å². The van der Waals surface area contributed by atoms with Gasteiger partial charge in [0.2, 0.25) is 5.95 Å². The molecule has 1 fully saturated rings. The third-order valence-electron chi connectivity index (χ3n) is 4.51. The second-order valence-corrected chi connectivity index (χ2v) is 5.36. The topological polar surface area (TPSA) is 55.0 Å². The molecule has 0 aliphatic carbocycles. The molecule has 2 rings (SSSR count). The number of nitrogens with two attached hydrogens (primary N) is 1. The van der Waals surface area contributed by atoms with Gasteiger partial charge in [-0.25, -0.2) is 9.97 Å². The van der Waals surface area contributed by atoms with Crippen molar-refractivity contribution in [2.24, 2.45) is 11.1 Å². The van der Waals surface area contributed by atoms with Crippen molar-refractivity contribution in [2.75, 3.05) is 18.0 Å². The van der Waals surface area contributed by atoms with Crippen LogP contribution in [0.3, 0.4) is 0 Å². The third-order valence-corrected chi connectivity index (χ3v) is 4.51. The smallest absolute Gasteiger partial charge is 0.225 e. The fourth-order valence-electron chi connectivity index (χ4n) is 2.77. The van der Waals surface area contributed by atoms with Crippen molar-refractivity contribution in [1.82, 2.24) is 9.97 Å². The van der Waals surface area contributed by atoms with Gasteiger partial charge in [0.05, 0.1) is 0 Å². The summed E-state index contributed by atoms with van der Waals surface area (Å²) in [6.07, 6.45) is 5.59. The molecule has 1 aliphatic heterocycles. The van der Waals surface area contributed by atoms with E-state index >= 15 is 0 Å². The molecule has 2 N–H and O–H groups in total. The minimum absolute atomic E-state index is 0.462. The fourth-order valence-corrected chi connectivity index (χ4v) is 2.77. The Hall–Kier alpha value is -1.16. The number of aromatic nitrogens is 2. The number of hydrogen-bond acceptors (Lipinski definition) is 4. The van der Waals surface area contributed by atoms with Gasteiger partial charge in [0, 0.05) is 37.1 Å². The number of rotatable bonds is 4. The van der Waals surface area contributed by atoms with E-state index in [-0.39, 0.29) is 0 Å². The summed E-state index contributed by atoms with van der Waals surface area (Å²) in [6, 6.07) is 0. The fraction of sp³-hybridized carbons (Fsp3) is 0.714. The zero-order valence-corrected chi connectivity index (χ0v) is 11.7. The highest BCUT2D eigenvalue weighted by Crippen LogP contribution is 2.38. The van der Waals surface area contributed by atoms with Gasteiger partial charge < -0.3 is 10.6 Å². The first-order chi connectivity index (χ1) is 8.64. The molecule has 0 aromatic carbocycles. The molecule has 0 saturated carbocycles. The average molecular weight is 248 g/mol. The summed E-state index contributed by atoms with van der Waals surface area (Å²) >= 11 is 0. The van der Waals surface area contributed by atoms with Gasteiger partial charge in [-0.05, 0) is 31.6 Å². The van der Waals surface area contributed by atoms with Gasteiger partial charge in [0.15, 0.2) is 0 Å². The second-order valence-electron chi connectivity index (χ2n) is 5.36. The quantitative estimate of drug-likeness (QED) is 0.888. The van der Waals surface area contributed by atoms with Crippen LogP contribution in [0.15, 0.2) is 6.20 Å². The van der Waals surface area contributed by atoms with E-state index in [0.29, 0.717) is 12.0 Å². The van der Waals surface area contributed by atoms with E-state index in [9.17, 15) is 0 Å². The summed E-state index contributed by atoms with van der Waals surface area (Å²) in [5, 5.41) is 0. The number of aryl methyl sites for hydroxylation is 1. The Kier molecular flexibility index (Phi) is 3.85. The summed E-state index contributed by atoms with van der Waals surface area (Å²) in [5.41, 5.74) is 8.15.